The van der Waals surface area contributed by atoms with Crippen LogP contribution in [0, 0.1) is 17.0 Å². The van der Waals surface area contributed by atoms with E-state index in [2.05, 4.69) is 121 Å². The van der Waals surface area contributed by atoms with Crippen LogP contribution >= 0.6 is 34.4 Å². The number of hydrogen-bond acceptors (Lipinski definition) is 6. The molecule has 0 fully saturated rings. The van der Waals surface area contributed by atoms with Crippen molar-refractivity contribution in [3.63, 3.8) is 0 Å². The van der Waals surface area contributed by atoms with E-state index in [1.165, 1.54) is 103 Å². The van der Waals surface area contributed by atoms with Crippen LogP contribution in [-0.4, -0.2) is 32.8 Å². The summed E-state index contributed by atoms with van der Waals surface area (Å²) in [6, 6.07) is 15.1. The van der Waals surface area contributed by atoms with Crippen molar-refractivity contribution in [3.8, 4) is 20.9 Å². The summed E-state index contributed by atoms with van der Waals surface area (Å²) in [6.07, 6.45) is 30.3. The quantitative estimate of drug-likeness (QED) is 0.0773. The van der Waals surface area contributed by atoms with Gasteiger partial charge < -0.3 is 4.90 Å². The van der Waals surface area contributed by atoms with Crippen LogP contribution in [0.15, 0.2) is 83.3 Å². The molecule has 4 heterocycles. The van der Waals surface area contributed by atoms with Crippen molar-refractivity contribution in [3.05, 3.63) is 105 Å². The van der Waals surface area contributed by atoms with Gasteiger partial charge in [-0.25, -0.2) is 8.78 Å². The Kier molecular flexibility index (Phi) is 15.7. The highest BCUT2D eigenvalue weighted by Crippen LogP contribution is 2.47. The Morgan fingerprint density at radius 3 is 1.94 bits per heavy atom. The molecular formula is C54H68F2N4S3. The van der Waals surface area contributed by atoms with Crippen LogP contribution in [0.1, 0.15) is 148 Å². The number of unbranched alkanes of at least 4 members (excludes halogenated alkanes) is 10. The third-order valence-corrected chi connectivity index (χ3v) is 15.9. The van der Waals surface area contributed by atoms with E-state index < -0.39 is 11.6 Å². The highest BCUT2D eigenvalue weighted by Gasteiger charge is 2.34. The summed E-state index contributed by atoms with van der Waals surface area (Å²) in [5.74, 6) is -1.73. The van der Waals surface area contributed by atoms with Crippen molar-refractivity contribution in [2.45, 2.75) is 161 Å². The summed E-state index contributed by atoms with van der Waals surface area (Å²) >= 11 is 4.92. The molecule has 0 spiro atoms. The van der Waals surface area contributed by atoms with Crippen molar-refractivity contribution in [1.29, 1.82) is 0 Å². The molecule has 0 saturated carbocycles. The van der Waals surface area contributed by atoms with Gasteiger partial charge in [-0.1, -0.05) is 162 Å². The van der Waals surface area contributed by atoms with Gasteiger partial charge >= 0.3 is 0 Å². The first-order chi connectivity index (χ1) is 30.2. The highest BCUT2D eigenvalue weighted by atomic mass is 32.2. The average molecular weight is 907 g/mol. The summed E-state index contributed by atoms with van der Waals surface area (Å²) in [4.78, 5) is 9.03. The molecule has 0 saturated heterocycles. The second kappa shape index (κ2) is 21.0. The van der Waals surface area contributed by atoms with Crippen LogP contribution < -0.4 is 4.90 Å². The van der Waals surface area contributed by atoms with E-state index in [1.807, 2.05) is 36.0 Å². The van der Waals surface area contributed by atoms with Gasteiger partial charge in [0, 0.05) is 30.9 Å². The van der Waals surface area contributed by atoms with Gasteiger partial charge in [-0.15, -0.1) is 34.4 Å². The third kappa shape index (κ3) is 11.7. The van der Waals surface area contributed by atoms with Crippen molar-refractivity contribution >= 4 is 63.3 Å². The van der Waals surface area contributed by atoms with E-state index >= 15 is 8.78 Å². The summed E-state index contributed by atoms with van der Waals surface area (Å²) in [6.45, 7) is 19.3. The van der Waals surface area contributed by atoms with Crippen LogP contribution in [0.25, 0.3) is 44.1 Å². The van der Waals surface area contributed by atoms with Gasteiger partial charge in [0.1, 0.15) is 11.0 Å². The minimum atomic E-state index is -0.867. The van der Waals surface area contributed by atoms with E-state index in [4.69, 9.17) is 10.2 Å². The van der Waals surface area contributed by atoms with Crippen molar-refractivity contribution in [1.82, 2.24) is 15.0 Å². The Balaban J connectivity index is 1.15. The lowest BCUT2D eigenvalue weighted by Crippen LogP contribution is -2.45. The Morgan fingerprint density at radius 1 is 0.683 bits per heavy atom. The van der Waals surface area contributed by atoms with Gasteiger partial charge in [-0.3, -0.25) is 0 Å². The normalized spacial score (nSPS) is 16.8. The van der Waals surface area contributed by atoms with E-state index in [9.17, 15) is 0 Å². The number of aryl methyl sites for hydroxylation is 1. The molecule has 336 valence electrons. The van der Waals surface area contributed by atoms with Crippen LogP contribution in [-0.2, 0) is 12.0 Å². The molecule has 4 nitrogen and oxygen atoms in total. The third-order valence-electron chi connectivity index (χ3n) is 12.0. The molecule has 2 unspecified atom stereocenters. The molecule has 2 atom stereocenters. The zero-order valence-corrected chi connectivity index (χ0v) is 41.4. The van der Waals surface area contributed by atoms with Crippen LogP contribution in [0.4, 0.5) is 14.5 Å². The molecule has 7 rings (SSSR count). The van der Waals surface area contributed by atoms with Gasteiger partial charge in [-0.2, -0.15) is 15.0 Å². The molecule has 1 aliphatic heterocycles. The fourth-order valence-electron chi connectivity index (χ4n) is 8.44. The first kappa shape index (κ1) is 47.2. The predicted octanol–water partition coefficient (Wildman–Crippen LogP) is 17.1. The molecular weight excluding hydrogens is 839 g/mol. The number of allylic oxidation sites excluding steroid dienone is 4. The molecule has 0 amide bonds. The first-order valence-electron chi connectivity index (χ1n) is 23.6. The van der Waals surface area contributed by atoms with E-state index in [-0.39, 0.29) is 33.2 Å². The number of aromatic nitrogens is 3. The largest absolute Gasteiger partial charge is 0.363 e. The minimum Gasteiger partial charge on any atom is -0.363 e. The lowest BCUT2D eigenvalue weighted by atomic mass is 9.95. The maximum absolute atomic E-state index is 16.6. The summed E-state index contributed by atoms with van der Waals surface area (Å²) < 4.78 is 33.1. The summed E-state index contributed by atoms with van der Waals surface area (Å²) in [5, 5.41) is 10.0. The lowest BCUT2D eigenvalue weighted by Gasteiger charge is -2.42. The van der Waals surface area contributed by atoms with Gasteiger partial charge in [0.15, 0.2) is 11.6 Å². The van der Waals surface area contributed by atoms with E-state index in [0.29, 0.717) is 27.3 Å². The first-order valence-corrected chi connectivity index (χ1v) is 26.1. The molecule has 9 heteroatoms. The standard InChI is InChI=1S/C54H68F2N4S3/c1-9-11-13-15-17-19-33-59-40-26-22-37(35-44(40)62-45-36-38(23-27-41(45)59)31-32-53(3,4)5)21-24-39-25-28-42(61-39)47-49(55)50(56)48(43-29-30-46(63-43)54(6,7)8)52-51(47)57-60(58-52)34-20-18-16-14-12-10-2/h21-32,35-36,40,44H,9-20,33-34H2,1-8H3. The molecule has 1 aliphatic carbocycles. The number of benzene rings is 2. The fraction of sp³-hybridized carbons (Fsp3) is 0.481. The Labute approximate surface area is 388 Å². The number of rotatable bonds is 19. The van der Waals surface area contributed by atoms with Gasteiger partial charge in [-0.05, 0) is 77.3 Å². The number of halogens is 2. The Bertz CT molecular complexity index is 2450. The summed E-state index contributed by atoms with van der Waals surface area (Å²) in [5.41, 5.74) is 4.97. The number of thioether (sulfide) groups is 1. The number of fused-ring (bicyclic) bond motifs is 3. The fourth-order valence-corrected chi connectivity index (χ4v) is 11.9. The topological polar surface area (TPSA) is 34.0 Å². The maximum Gasteiger partial charge on any atom is 0.170 e. The van der Waals surface area contributed by atoms with Crippen LogP contribution in [0.3, 0.4) is 0 Å². The maximum atomic E-state index is 16.6. The predicted molar refractivity (Wildman–Crippen MR) is 271 cm³/mol. The molecule has 63 heavy (non-hydrogen) atoms. The van der Waals surface area contributed by atoms with Crippen LogP contribution in [0.5, 0.6) is 0 Å². The highest BCUT2D eigenvalue weighted by molar-refractivity contribution is 8.00. The molecule has 5 aromatic rings. The Hall–Kier alpha value is -3.79. The smallest absolute Gasteiger partial charge is 0.170 e. The van der Waals surface area contributed by atoms with Gasteiger partial charge in [0.2, 0.25) is 0 Å². The number of hydrogen-bond donors (Lipinski definition) is 0. The lowest BCUT2D eigenvalue weighted by molar-refractivity contribution is 0.488. The van der Waals surface area contributed by atoms with Gasteiger partial charge in [0.05, 0.1) is 34.7 Å². The van der Waals surface area contributed by atoms with E-state index in [0.717, 1.165) is 34.7 Å². The Morgan fingerprint density at radius 2 is 1.30 bits per heavy atom. The van der Waals surface area contributed by atoms with Crippen molar-refractivity contribution < 1.29 is 8.78 Å². The second-order valence-electron chi connectivity index (χ2n) is 19.6. The van der Waals surface area contributed by atoms with Crippen LogP contribution in [0.2, 0.25) is 0 Å². The molecule has 0 N–H and O–H groups in total. The minimum absolute atomic E-state index is 0.111. The number of nitrogens with zero attached hydrogens (tertiary/aromatic N) is 4. The van der Waals surface area contributed by atoms with Crippen molar-refractivity contribution in [2.75, 3.05) is 11.4 Å². The number of anilines is 1. The average Bonchev–Trinajstić information content (AvgIpc) is 4.03. The zero-order valence-electron chi connectivity index (χ0n) is 38.9. The summed E-state index contributed by atoms with van der Waals surface area (Å²) in [7, 11) is 0. The second-order valence-corrected chi connectivity index (χ2v) is 23.0. The van der Waals surface area contributed by atoms with Crippen molar-refractivity contribution in [2.24, 2.45) is 5.41 Å². The zero-order chi connectivity index (χ0) is 44.7. The molecule has 3 aromatic heterocycles. The molecule has 0 bridgehead atoms. The van der Waals surface area contributed by atoms with Gasteiger partial charge in [0.25, 0.3) is 0 Å². The molecule has 2 aromatic carbocycles. The SMILES string of the molecule is CCCCCCCCN1c2ccc(C=CC(C)(C)C)cc2SC2C=C(C=Cc3ccc(-c4c(F)c(F)c(-c5ccc(C(C)(C)C)s5)c5nn(CCCCCCCC)nc45)s3)C=CC21. The van der Waals surface area contributed by atoms with E-state index in [1.54, 1.807) is 4.80 Å². The number of thiophene rings is 2. The molecule has 2 aliphatic rings. The monoisotopic (exact) mass is 906 g/mol. The molecule has 0 radical (unpaired) electrons.